The number of anilines is 1. The molecule has 0 saturated carbocycles. The first-order chi connectivity index (χ1) is 10.0. The fourth-order valence-electron chi connectivity index (χ4n) is 1.77. The number of nitrogens with one attached hydrogen (secondary N) is 1. The molecular weight excluding hydrogens is 311 g/mol. The van der Waals surface area contributed by atoms with Crippen molar-refractivity contribution in [3.63, 3.8) is 0 Å². The molecule has 4 nitrogen and oxygen atoms in total. The number of para-hydroxylation sites is 2. The average Bonchev–Trinajstić information content (AvgIpc) is 2.92. The molecule has 1 heterocycles. The van der Waals surface area contributed by atoms with Gasteiger partial charge in [0.25, 0.3) is 0 Å². The van der Waals surface area contributed by atoms with Crippen LogP contribution < -0.4 is 5.73 Å². The second-order valence-corrected chi connectivity index (χ2v) is 5.00. The summed E-state index contributed by atoms with van der Waals surface area (Å²) in [6, 6.07) is 12.3. The van der Waals surface area contributed by atoms with Crippen LogP contribution in [0.1, 0.15) is 10.4 Å². The molecule has 0 atom stereocenters. The molecule has 0 spiro atoms. The molecule has 0 aliphatic rings. The first-order valence-corrected chi connectivity index (χ1v) is 6.75. The van der Waals surface area contributed by atoms with Crippen LogP contribution in [0.3, 0.4) is 0 Å². The zero-order valence-corrected chi connectivity index (χ0v) is 12.3. The number of nitrogen functional groups attached to an aromatic ring is 1. The van der Waals surface area contributed by atoms with Crippen molar-refractivity contribution < 1.29 is 9.90 Å². The van der Waals surface area contributed by atoms with Crippen molar-refractivity contribution in [2.45, 2.75) is 0 Å². The largest absolute Gasteiger partial charge is 0.478 e. The van der Waals surface area contributed by atoms with E-state index in [4.69, 9.17) is 34.0 Å². The number of nitrogens with two attached hydrogens (primary N) is 1. The molecule has 0 aliphatic carbocycles. The number of rotatable bonds is 1. The van der Waals surface area contributed by atoms with E-state index in [2.05, 4.69) is 4.98 Å². The van der Waals surface area contributed by atoms with E-state index >= 15 is 0 Å². The highest BCUT2D eigenvalue weighted by Crippen LogP contribution is 2.22. The van der Waals surface area contributed by atoms with Gasteiger partial charge in [-0.25, -0.2) is 4.79 Å². The molecule has 108 valence electrons. The molecule has 0 radical (unpaired) electrons. The number of aromatic amines is 1. The molecular formula is C15H12Cl2N2O2. The minimum Gasteiger partial charge on any atom is -0.478 e. The Morgan fingerprint density at radius 3 is 2.33 bits per heavy atom. The van der Waals surface area contributed by atoms with Crippen LogP contribution in [0.15, 0.2) is 48.7 Å². The highest BCUT2D eigenvalue weighted by molar-refractivity contribution is 6.35. The van der Waals surface area contributed by atoms with Crippen LogP contribution in [0, 0.1) is 0 Å². The number of carbonyl (C=O) groups is 1. The first kappa shape index (κ1) is 15.2. The van der Waals surface area contributed by atoms with Crippen molar-refractivity contribution in [2.75, 3.05) is 5.73 Å². The predicted molar refractivity (Wildman–Crippen MR) is 86.1 cm³/mol. The van der Waals surface area contributed by atoms with Crippen LogP contribution in [0.25, 0.3) is 10.9 Å². The van der Waals surface area contributed by atoms with Crippen LogP contribution in [-0.2, 0) is 0 Å². The Bertz CT molecular complexity index is 784. The number of carboxylic acid groups (broad SMARTS) is 1. The summed E-state index contributed by atoms with van der Waals surface area (Å²) in [5.74, 6) is -1.06. The Morgan fingerprint density at radius 1 is 1.05 bits per heavy atom. The summed E-state index contributed by atoms with van der Waals surface area (Å²) in [5.41, 5.74) is 6.54. The van der Waals surface area contributed by atoms with Gasteiger partial charge in [0.1, 0.15) is 0 Å². The molecule has 21 heavy (non-hydrogen) atoms. The molecule has 6 heteroatoms. The summed E-state index contributed by atoms with van der Waals surface area (Å²) in [7, 11) is 0. The van der Waals surface area contributed by atoms with Crippen molar-refractivity contribution in [1.29, 1.82) is 0 Å². The van der Waals surface area contributed by atoms with Gasteiger partial charge in [0, 0.05) is 11.6 Å². The van der Waals surface area contributed by atoms with E-state index in [0.29, 0.717) is 0 Å². The fraction of sp³-hybridized carbons (Fsp3) is 0. The third kappa shape index (κ3) is 3.48. The maximum atomic E-state index is 10.4. The summed E-state index contributed by atoms with van der Waals surface area (Å²) < 4.78 is 0. The van der Waals surface area contributed by atoms with Crippen molar-refractivity contribution >= 4 is 45.8 Å². The molecule has 0 amide bonds. The van der Waals surface area contributed by atoms with Gasteiger partial charge in [-0.1, -0.05) is 41.4 Å². The molecule has 0 fully saturated rings. The van der Waals surface area contributed by atoms with Crippen molar-refractivity contribution in [1.82, 2.24) is 4.98 Å². The molecule has 0 saturated heterocycles. The highest BCUT2D eigenvalue weighted by Gasteiger charge is 2.08. The average molecular weight is 323 g/mol. The second kappa shape index (κ2) is 6.52. The van der Waals surface area contributed by atoms with Crippen LogP contribution in [-0.4, -0.2) is 16.1 Å². The lowest BCUT2D eigenvalue weighted by atomic mass is 10.2. The third-order valence-electron chi connectivity index (χ3n) is 2.82. The number of hydrogen-bond acceptors (Lipinski definition) is 2. The minimum atomic E-state index is -1.06. The van der Waals surface area contributed by atoms with Gasteiger partial charge < -0.3 is 15.8 Å². The van der Waals surface area contributed by atoms with E-state index in [9.17, 15) is 4.79 Å². The van der Waals surface area contributed by atoms with Crippen LogP contribution >= 0.6 is 23.2 Å². The van der Waals surface area contributed by atoms with Crippen molar-refractivity contribution in [3.05, 3.63) is 64.3 Å². The topological polar surface area (TPSA) is 79.1 Å². The molecule has 2 aromatic carbocycles. The molecule has 0 unspecified atom stereocenters. The monoisotopic (exact) mass is 322 g/mol. The van der Waals surface area contributed by atoms with E-state index in [1.165, 1.54) is 6.07 Å². The van der Waals surface area contributed by atoms with E-state index in [1.807, 2.05) is 30.5 Å². The number of carboxylic acids is 1. The summed E-state index contributed by atoms with van der Waals surface area (Å²) in [4.78, 5) is 13.5. The van der Waals surface area contributed by atoms with E-state index < -0.39 is 5.97 Å². The van der Waals surface area contributed by atoms with Gasteiger partial charge in [0.05, 0.1) is 26.8 Å². The van der Waals surface area contributed by atoms with E-state index in [1.54, 1.807) is 12.1 Å². The molecule has 4 N–H and O–H groups in total. The number of aromatic nitrogens is 1. The third-order valence-corrected chi connectivity index (χ3v) is 3.46. The zero-order valence-electron chi connectivity index (χ0n) is 10.8. The van der Waals surface area contributed by atoms with Crippen LogP contribution in [0.4, 0.5) is 5.69 Å². The van der Waals surface area contributed by atoms with Crippen LogP contribution in [0.5, 0.6) is 0 Å². The Labute approximate surface area is 131 Å². The lowest BCUT2D eigenvalue weighted by Crippen LogP contribution is -2.01. The van der Waals surface area contributed by atoms with Gasteiger partial charge in [0.2, 0.25) is 0 Å². The highest BCUT2D eigenvalue weighted by atomic mass is 35.5. The van der Waals surface area contributed by atoms with Gasteiger partial charge in [0.15, 0.2) is 0 Å². The number of fused-ring (bicyclic) bond motifs is 1. The standard InChI is InChI=1S/C8H6ClN.C7H6ClNO2/c9-7-3-1-2-6-4-5-10-8(6)7;8-5-3-1-2-4(6(5)9)7(10)11/h1-5,10H;1-3H,9H2,(H,10,11). The molecule has 0 bridgehead atoms. The predicted octanol–water partition coefficient (Wildman–Crippen LogP) is 4.44. The van der Waals surface area contributed by atoms with Gasteiger partial charge >= 0.3 is 5.97 Å². The summed E-state index contributed by atoms with van der Waals surface area (Å²) in [6.07, 6.45) is 1.89. The maximum absolute atomic E-state index is 10.4. The molecule has 3 rings (SSSR count). The quantitative estimate of drug-likeness (QED) is 0.579. The minimum absolute atomic E-state index is 0.0394. The Balaban J connectivity index is 0.000000154. The molecule has 3 aromatic rings. The lowest BCUT2D eigenvalue weighted by Gasteiger charge is -2.00. The number of aromatic carboxylic acids is 1. The van der Waals surface area contributed by atoms with Gasteiger partial charge in [-0.15, -0.1) is 0 Å². The smallest absolute Gasteiger partial charge is 0.337 e. The second-order valence-electron chi connectivity index (χ2n) is 4.19. The molecule has 1 aromatic heterocycles. The summed E-state index contributed by atoms with van der Waals surface area (Å²) in [5, 5.41) is 10.8. The SMILES string of the molecule is Clc1cccc2cc[nH]c12.Nc1c(Cl)cccc1C(=O)O. The molecule has 0 aliphatic heterocycles. The number of H-pyrrole nitrogens is 1. The lowest BCUT2D eigenvalue weighted by molar-refractivity contribution is 0.0698. The normalized spacial score (nSPS) is 10.0. The maximum Gasteiger partial charge on any atom is 0.337 e. The Kier molecular flexibility index (Phi) is 4.73. The van der Waals surface area contributed by atoms with Gasteiger partial charge in [-0.3, -0.25) is 0 Å². The Morgan fingerprint density at radius 2 is 1.71 bits per heavy atom. The van der Waals surface area contributed by atoms with Crippen LogP contribution in [0.2, 0.25) is 10.0 Å². The van der Waals surface area contributed by atoms with E-state index in [0.717, 1.165) is 15.9 Å². The van der Waals surface area contributed by atoms with Gasteiger partial charge in [-0.05, 0) is 24.3 Å². The number of hydrogen-bond donors (Lipinski definition) is 3. The van der Waals surface area contributed by atoms with E-state index in [-0.39, 0.29) is 16.3 Å². The Hall–Kier alpha value is -2.17. The first-order valence-electron chi connectivity index (χ1n) is 5.99. The summed E-state index contributed by atoms with van der Waals surface area (Å²) in [6.45, 7) is 0. The zero-order chi connectivity index (χ0) is 15.4. The number of benzene rings is 2. The van der Waals surface area contributed by atoms with Crippen molar-refractivity contribution in [2.24, 2.45) is 0 Å². The summed E-state index contributed by atoms with van der Waals surface area (Å²) >= 11 is 11.4. The fourth-order valence-corrected chi connectivity index (χ4v) is 2.18. The number of halogens is 2. The van der Waals surface area contributed by atoms with Gasteiger partial charge in [-0.2, -0.15) is 0 Å². The van der Waals surface area contributed by atoms with Crippen molar-refractivity contribution in [3.8, 4) is 0 Å².